The first-order valence-corrected chi connectivity index (χ1v) is 9.41. The Balaban J connectivity index is 1.44. The topological polar surface area (TPSA) is 102 Å². The number of anilines is 1. The van der Waals surface area contributed by atoms with Crippen LogP contribution in [0, 0.1) is 17.5 Å². The van der Waals surface area contributed by atoms with Crippen molar-refractivity contribution < 1.29 is 27.9 Å². The third-order valence-electron chi connectivity index (χ3n) is 5.06. The highest BCUT2D eigenvalue weighted by Crippen LogP contribution is 2.30. The number of carbonyl (C=O) groups is 2. The van der Waals surface area contributed by atoms with Crippen molar-refractivity contribution >= 4 is 24.2 Å². The Kier molecular flexibility index (Phi) is 5.44. The van der Waals surface area contributed by atoms with Crippen LogP contribution in [0.3, 0.4) is 0 Å². The van der Waals surface area contributed by atoms with E-state index in [-0.39, 0.29) is 32.1 Å². The summed E-state index contributed by atoms with van der Waals surface area (Å²) >= 11 is 0. The van der Waals surface area contributed by atoms with Gasteiger partial charge in [-0.15, -0.1) is 0 Å². The molecule has 0 bridgehead atoms. The maximum absolute atomic E-state index is 13.6. The van der Waals surface area contributed by atoms with Gasteiger partial charge in [-0.25, -0.2) is 37.7 Å². The number of piperazine rings is 1. The fraction of sp³-hybridized carbons (Fsp3) is 0.316. The van der Waals surface area contributed by atoms with Gasteiger partial charge in [0.1, 0.15) is 11.6 Å². The average Bonchev–Trinajstić information content (AvgIpc) is 3.23. The number of hydrazone groups is 1. The molecule has 31 heavy (non-hydrogen) atoms. The fourth-order valence-electron chi connectivity index (χ4n) is 3.55. The van der Waals surface area contributed by atoms with Crippen LogP contribution in [0.2, 0.25) is 0 Å². The molecule has 1 saturated heterocycles. The highest BCUT2D eigenvalue weighted by molar-refractivity contribution is 5.85. The van der Waals surface area contributed by atoms with Gasteiger partial charge in [-0.1, -0.05) is 0 Å². The lowest BCUT2D eigenvalue weighted by molar-refractivity contribution is 0.0684. The largest absolute Gasteiger partial charge is 0.476 e. The summed E-state index contributed by atoms with van der Waals surface area (Å²) in [6.07, 6.45) is 2.64. The molecule has 2 aliphatic rings. The van der Waals surface area contributed by atoms with Gasteiger partial charge in [0, 0.05) is 44.9 Å². The molecule has 162 valence electrons. The van der Waals surface area contributed by atoms with Gasteiger partial charge in [0.05, 0.1) is 12.2 Å². The molecule has 4 rings (SSSR count). The molecule has 0 saturated carbocycles. The Morgan fingerprint density at radius 1 is 1.03 bits per heavy atom. The Hall–Kier alpha value is -3.70. The fourth-order valence-corrected chi connectivity index (χ4v) is 3.55. The molecule has 0 spiro atoms. The van der Waals surface area contributed by atoms with Crippen molar-refractivity contribution in [1.29, 1.82) is 0 Å². The van der Waals surface area contributed by atoms with Gasteiger partial charge in [0.15, 0.2) is 11.5 Å². The first kappa shape index (κ1) is 20.6. The van der Waals surface area contributed by atoms with Gasteiger partial charge in [0.25, 0.3) is 0 Å². The second kappa shape index (κ2) is 8.20. The van der Waals surface area contributed by atoms with Gasteiger partial charge < -0.3 is 14.9 Å². The molecule has 2 amide bonds. The zero-order valence-corrected chi connectivity index (χ0v) is 16.1. The van der Waals surface area contributed by atoms with Crippen molar-refractivity contribution in [1.82, 2.24) is 19.9 Å². The van der Waals surface area contributed by atoms with Gasteiger partial charge in [0.2, 0.25) is 5.95 Å². The molecule has 1 atom stereocenters. The third kappa shape index (κ3) is 4.13. The number of amides is 2. The first-order valence-electron chi connectivity index (χ1n) is 9.41. The van der Waals surface area contributed by atoms with Crippen molar-refractivity contribution in [3.05, 3.63) is 53.1 Å². The second-order valence-electron chi connectivity index (χ2n) is 7.03. The van der Waals surface area contributed by atoms with E-state index in [1.807, 2.05) is 0 Å². The molecule has 1 aromatic heterocycles. The van der Waals surface area contributed by atoms with Crippen LogP contribution in [0.25, 0.3) is 0 Å². The van der Waals surface area contributed by atoms with Gasteiger partial charge in [-0.2, -0.15) is 5.10 Å². The SMILES string of the molecule is O=C(O)c1nc(N2CCN(C(=O)N3N=CC[C@H]3c3cc(F)cc(F)c3)CC2)ncc1F. The molecule has 2 aromatic rings. The highest BCUT2D eigenvalue weighted by atomic mass is 19.1. The summed E-state index contributed by atoms with van der Waals surface area (Å²) < 4.78 is 40.7. The van der Waals surface area contributed by atoms with Crippen LogP contribution in [-0.4, -0.2) is 69.4 Å². The summed E-state index contributed by atoms with van der Waals surface area (Å²) in [6.45, 7) is 1.07. The molecule has 1 N–H and O–H groups in total. The molecule has 1 aromatic carbocycles. The predicted octanol–water partition coefficient (Wildman–Crippen LogP) is 2.27. The van der Waals surface area contributed by atoms with Gasteiger partial charge >= 0.3 is 12.0 Å². The van der Waals surface area contributed by atoms with E-state index in [9.17, 15) is 22.8 Å². The van der Waals surface area contributed by atoms with E-state index in [1.165, 1.54) is 28.3 Å². The van der Waals surface area contributed by atoms with E-state index in [2.05, 4.69) is 15.1 Å². The lowest BCUT2D eigenvalue weighted by Gasteiger charge is -2.37. The number of aromatic carboxylic acids is 1. The van der Waals surface area contributed by atoms with E-state index in [0.717, 1.165) is 12.3 Å². The van der Waals surface area contributed by atoms with Crippen molar-refractivity contribution in [2.45, 2.75) is 12.5 Å². The smallest absolute Gasteiger partial charge is 0.357 e. The number of nitrogens with zero attached hydrogens (tertiary/aromatic N) is 6. The number of hydrogen-bond donors (Lipinski definition) is 1. The summed E-state index contributed by atoms with van der Waals surface area (Å²) in [5, 5.41) is 14.3. The number of hydrogen-bond acceptors (Lipinski definition) is 6. The van der Waals surface area contributed by atoms with Crippen molar-refractivity contribution in [2.75, 3.05) is 31.1 Å². The zero-order valence-electron chi connectivity index (χ0n) is 16.1. The molecule has 0 aliphatic carbocycles. The molecule has 9 nitrogen and oxygen atoms in total. The van der Waals surface area contributed by atoms with Crippen LogP contribution in [0.5, 0.6) is 0 Å². The highest BCUT2D eigenvalue weighted by Gasteiger charge is 2.34. The van der Waals surface area contributed by atoms with Crippen molar-refractivity contribution in [3.8, 4) is 0 Å². The van der Waals surface area contributed by atoms with E-state index in [1.54, 1.807) is 4.90 Å². The average molecular weight is 434 g/mol. The van der Waals surface area contributed by atoms with Crippen LogP contribution < -0.4 is 4.90 Å². The third-order valence-corrected chi connectivity index (χ3v) is 5.06. The number of carboxylic acid groups (broad SMARTS) is 1. The molecule has 0 unspecified atom stereocenters. The Labute approximate surface area is 174 Å². The standard InChI is InChI=1S/C19H17F3N6O3/c20-12-7-11(8-13(21)9-12)15-1-2-24-28(15)19(31)27-5-3-26(4-6-27)18-23-10-14(22)16(25-18)17(29)30/h2,7-10,15H,1,3-6H2,(H,29,30)/t15-/m0/s1. The Morgan fingerprint density at radius 3 is 2.35 bits per heavy atom. The molecule has 1 fully saturated rings. The monoisotopic (exact) mass is 434 g/mol. The first-order chi connectivity index (χ1) is 14.8. The normalized spacial score (nSPS) is 18.5. The van der Waals surface area contributed by atoms with E-state index >= 15 is 0 Å². The summed E-state index contributed by atoms with van der Waals surface area (Å²) in [5.41, 5.74) is -0.414. The number of rotatable bonds is 3. The van der Waals surface area contributed by atoms with E-state index in [4.69, 9.17) is 5.11 Å². The quantitative estimate of drug-likeness (QED) is 0.795. The van der Waals surface area contributed by atoms with Crippen LogP contribution >= 0.6 is 0 Å². The number of urea groups is 1. The number of carboxylic acids is 1. The van der Waals surface area contributed by atoms with Crippen molar-refractivity contribution in [3.63, 3.8) is 0 Å². The van der Waals surface area contributed by atoms with Gasteiger partial charge in [-0.05, 0) is 17.7 Å². The maximum Gasteiger partial charge on any atom is 0.357 e. The summed E-state index contributed by atoms with van der Waals surface area (Å²) in [6, 6.07) is 2.07. The van der Waals surface area contributed by atoms with Crippen molar-refractivity contribution in [2.24, 2.45) is 5.10 Å². The lowest BCUT2D eigenvalue weighted by atomic mass is 10.0. The lowest BCUT2D eigenvalue weighted by Crippen LogP contribution is -2.52. The van der Waals surface area contributed by atoms with E-state index < -0.39 is 41.2 Å². The Bertz CT molecular complexity index is 1040. The van der Waals surface area contributed by atoms with Gasteiger partial charge in [-0.3, -0.25) is 0 Å². The minimum absolute atomic E-state index is 0.0539. The molecule has 0 radical (unpaired) electrons. The molecule has 3 heterocycles. The molecule has 12 heteroatoms. The summed E-state index contributed by atoms with van der Waals surface area (Å²) in [7, 11) is 0. The van der Waals surface area contributed by atoms with Crippen LogP contribution in [-0.2, 0) is 0 Å². The number of halogens is 3. The van der Waals surface area contributed by atoms with E-state index in [0.29, 0.717) is 12.0 Å². The number of carbonyl (C=O) groups excluding carboxylic acids is 1. The minimum atomic E-state index is -1.50. The number of benzene rings is 1. The second-order valence-corrected chi connectivity index (χ2v) is 7.03. The maximum atomic E-state index is 13.6. The zero-order chi connectivity index (χ0) is 22.1. The summed E-state index contributed by atoms with van der Waals surface area (Å²) in [5.74, 6) is -3.94. The molecule has 2 aliphatic heterocycles. The van der Waals surface area contributed by atoms with Crippen LogP contribution in [0.4, 0.5) is 23.9 Å². The number of aromatic nitrogens is 2. The molecular weight excluding hydrogens is 417 g/mol. The predicted molar refractivity (Wildman–Crippen MR) is 102 cm³/mol. The summed E-state index contributed by atoms with van der Waals surface area (Å²) in [4.78, 5) is 34.8. The molecular formula is C19H17F3N6O3. The van der Waals surface area contributed by atoms with Crippen LogP contribution in [0.15, 0.2) is 29.5 Å². The van der Waals surface area contributed by atoms with Crippen LogP contribution in [0.1, 0.15) is 28.5 Å². The Morgan fingerprint density at radius 2 is 1.71 bits per heavy atom. The minimum Gasteiger partial charge on any atom is -0.476 e.